The molecule has 3 aromatic heterocycles. The maximum atomic E-state index is 12.5. The third kappa shape index (κ3) is 2.66. The van der Waals surface area contributed by atoms with Gasteiger partial charge in [-0.05, 0) is 32.0 Å². The first-order valence-corrected chi connectivity index (χ1v) is 6.88. The number of aromatic nitrogens is 2. The Balaban J connectivity index is 2.12. The molecule has 8 nitrogen and oxygen atoms in total. The Morgan fingerprint density at radius 2 is 2.17 bits per heavy atom. The van der Waals surface area contributed by atoms with Crippen molar-refractivity contribution in [1.82, 2.24) is 15.5 Å². The van der Waals surface area contributed by atoms with Gasteiger partial charge in [-0.15, -0.1) is 0 Å². The summed E-state index contributed by atoms with van der Waals surface area (Å²) in [4.78, 5) is 27.9. The molecule has 0 unspecified atom stereocenters. The number of hydrogen-bond donors (Lipinski definition) is 2. The average Bonchev–Trinajstić information content (AvgIpc) is 3.16. The zero-order valence-electron chi connectivity index (χ0n) is 12.5. The summed E-state index contributed by atoms with van der Waals surface area (Å²) < 4.78 is 10.5. The summed E-state index contributed by atoms with van der Waals surface area (Å²) in [5.41, 5.74) is 6.63. The van der Waals surface area contributed by atoms with Crippen LogP contribution in [0.4, 0.5) is 0 Å². The van der Waals surface area contributed by atoms with Gasteiger partial charge in [0, 0.05) is 0 Å². The molecule has 2 amide bonds. The van der Waals surface area contributed by atoms with Gasteiger partial charge in [-0.25, -0.2) is 4.98 Å². The highest BCUT2D eigenvalue weighted by Gasteiger charge is 2.22. The van der Waals surface area contributed by atoms with E-state index < -0.39 is 17.9 Å². The van der Waals surface area contributed by atoms with Crippen LogP contribution in [0.3, 0.4) is 0 Å². The van der Waals surface area contributed by atoms with E-state index in [1.54, 1.807) is 25.1 Å². The standard InChI is InChI=1S/C15H14N4O4/c1-7-12-9(14(21)17-8(2)13(16)20)6-10(11-4-3-5-22-11)18-15(12)23-19-7/h3-6,8H,1-2H3,(H2,16,20)(H,17,21)/t8-/m0/s1. The van der Waals surface area contributed by atoms with Crippen LogP contribution in [0.15, 0.2) is 33.4 Å². The number of primary amides is 1. The molecular formula is C15H14N4O4. The Morgan fingerprint density at radius 1 is 1.39 bits per heavy atom. The number of nitrogens with one attached hydrogen (secondary N) is 1. The molecule has 0 saturated carbocycles. The lowest BCUT2D eigenvalue weighted by molar-refractivity contribution is -0.119. The van der Waals surface area contributed by atoms with E-state index >= 15 is 0 Å². The van der Waals surface area contributed by atoms with Gasteiger partial charge >= 0.3 is 0 Å². The Bertz CT molecular complexity index is 882. The van der Waals surface area contributed by atoms with Gasteiger partial charge in [0.15, 0.2) is 5.76 Å². The second-order valence-electron chi connectivity index (χ2n) is 5.08. The van der Waals surface area contributed by atoms with E-state index in [0.29, 0.717) is 22.5 Å². The third-order valence-corrected chi connectivity index (χ3v) is 3.41. The fourth-order valence-electron chi connectivity index (χ4n) is 2.17. The molecule has 3 heterocycles. The zero-order chi connectivity index (χ0) is 16.6. The highest BCUT2D eigenvalue weighted by Crippen LogP contribution is 2.27. The molecule has 0 aliphatic heterocycles. The SMILES string of the molecule is Cc1noc2nc(-c3ccco3)cc(C(=O)N[C@@H](C)C(N)=O)c12. The number of carbonyl (C=O) groups is 2. The molecule has 118 valence electrons. The van der Waals surface area contributed by atoms with Crippen molar-refractivity contribution in [2.24, 2.45) is 5.73 Å². The number of fused-ring (bicyclic) bond motifs is 1. The molecule has 0 fully saturated rings. The van der Waals surface area contributed by atoms with Crippen molar-refractivity contribution in [2.75, 3.05) is 0 Å². The average molecular weight is 314 g/mol. The highest BCUT2D eigenvalue weighted by molar-refractivity contribution is 6.07. The predicted octanol–water partition coefficient (Wildman–Crippen LogP) is 1.39. The number of rotatable bonds is 4. The van der Waals surface area contributed by atoms with E-state index in [0.717, 1.165) is 0 Å². The van der Waals surface area contributed by atoms with Crippen LogP contribution in [0.2, 0.25) is 0 Å². The van der Waals surface area contributed by atoms with Gasteiger partial charge in [0.05, 0.1) is 22.9 Å². The molecular weight excluding hydrogens is 300 g/mol. The number of hydrogen-bond acceptors (Lipinski definition) is 6. The van der Waals surface area contributed by atoms with E-state index in [4.69, 9.17) is 14.7 Å². The smallest absolute Gasteiger partial charge is 0.259 e. The summed E-state index contributed by atoms with van der Waals surface area (Å²) in [6, 6.07) is 4.18. The van der Waals surface area contributed by atoms with Crippen LogP contribution in [-0.4, -0.2) is 28.0 Å². The van der Waals surface area contributed by atoms with Crippen molar-refractivity contribution in [2.45, 2.75) is 19.9 Å². The quantitative estimate of drug-likeness (QED) is 0.750. The van der Waals surface area contributed by atoms with Gasteiger partial charge < -0.3 is 20.0 Å². The minimum absolute atomic E-state index is 0.216. The minimum Gasteiger partial charge on any atom is -0.463 e. The molecule has 3 N–H and O–H groups in total. The van der Waals surface area contributed by atoms with Crippen LogP contribution in [0.25, 0.3) is 22.6 Å². The van der Waals surface area contributed by atoms with Gasteiger partial charge in [-0.1, -0.05) is 5.16 Å². The maximum Gasteiger partial charge on any atom is 0.259 e. The molecule has 0 aliphatic carbocycles. The van der Waals surface area contributed by atoms with Crippen molar-refractivity contribution < 1.29 is 18.5 Å². The number of pyridine rings is 1. The molecule has 1 atom stereocenters. The fourth-order valence-corrected chi connectivity index (χ4v) is 2.17. The Kier molecular flexibility index (Phi) is 3.57. The van der Waals surface area contributed by atoms with Crippen LogP contribution in [-0.2, 0) is 4.79 Å². The van der Waals surface area contributed by atoms with Crippen molar-refractivity contribution >= 4 is 22.9 Å². The van der Waals surface area contributed by atoms with E-state index in [-0.39, 0.29) is 11.3 Å². The summed E-state index contributed by atoms with van der Waals surface area (Å²) in [6.45, 7) is 3.21. The predicted molar refractivity (Wildman–Crippen MR) is 80.4 cm³/mol. The topological polar surface area (TPSA) is 124 Å². The first-order valence-electron chi connectivity index (χ1n) is 6.88. The molecule has 0 bridgehead atoms. The van der Waals surface area contributed by atoms with Crippen molar-refractivity contribution in [3.63, 3.8) is 0 Å². The summed E-state index contributed by atoms with van der Waals surface area (Å²) >= 11 is 0. The van der Waals surface area contributed by atoms with Gasteiger partial charge in [0.25, 0.3) is 11.6 Å². The van der Waals surface area contributed by atoms with Crippen molar-refractivity contribution in [3.05, 3.63) is 35.7 Å². The lowest BCUT2D eigenvalue weighted by Gasteiger charge is -2.11. The monoisotopic (exact) mass is 314 g/mol. The van der Waals surface area contributed by atoms with Gasteiger partial charge in [-0.3, -0.25) is 9.59 Å². The molecule has 0 aliphatic rings. The van der Waals surface area contributed by atoms with Crippen LogP contribution in [0.5, 0.6) is 0 Å². The fraction of sp³-hybridized carbons (Fsp3) is 0.200. The van der Waals surface area contributed by atoms with E-state index in [1.807, 2.05) is 0 Å². The van der Waals surface area contributed by atoms with E-state index in [9.17, 15) is 9.59 Å². The van der Waals surface area contributed by atoms with Gasteiger partial charge in [0.1, 0.15) is 11.7 Å². The van der Waals surface area contributed by atoms with E-state index in [1.165, 1.54) is 13.2 Å². The lowest BCUT2D eigenvalue weighted by Crippen LogP contribution is -2.42. The van der Waals surface area contributed by atoms with Crippen LogP contribution in [0, 0.1) is 6.92 Å². The lowest BCUT2D eigenvalue weighted by atomic mass is 10.1. The first-order chi connectivity index (χ1) is 11.0. The Hall–Kier alpha value is -3.16. The normalized spacial score (nSPS) is 12.3. The summed E-state index contributed by atoms with van der Waals surface area (Å²) in [5, 5.41) is 6.85. The minimum atomic E-state index is -0.807. The number of amides is 2. The Morgan fingerprint density at radius 3 is 2.83 bits per heavy atom. The van der Waals surface area contributed by atoms with Crippen LogP contribution >= 0.6 is 0 Å². The highest BCUT2D eigenvalue weighted by atomic mass is 16.5. The summed E-state index contributed by atoms with van der Waals surface area (Å²) in [7, 11) is 0. The molecule has 0 saturated heterocycles. The molecule has 0 spiro atoms. The first kappa shape index (κ1) is 14.8. The number of nitrogens with two attached hydrogens (primary N) is 1. The van der Waals surface area contributed by atoms with Crippen molar-refractivity contribution in [1.29, 1.82) is 0 Å². The molecule has 3 rings (SSSR count). The summed E-state index contributed by atoms with van der Waals surface area (Å²) in [6.07, 6.45) is 1.50. The van der Waals surface area contributed by atoms with Gasteiger partial charge in [-0.2, -0.15) is 0 Å². The number of carbonyl (C=O) groups excluding carboxylic acids is 2. The van der Waals surface area contributed by atoms with Crippen molar-refractivity contribution in [3.8, 4) is 11.5 Å². The second-order valence-corrected chi connectivity index (χ2v) is 5.08. The number of aryl methyl sites for hydroxylation is 1. The van der Waals surface area contributed by atoms with E-state index in [2.05, 4.69) is 15.5 Å². The van der Waals surface area contributed by atoms with Crippen LogP contribution < -0.4 is 11.1 Å². The number of furan rings is 1. The molecule has 0 aromatic carbocycles. The molecule has 3 aromatic rings. The zero-order valence-corrected chi connectivity index (χ0v) is 12.5. The molecule has 8 heteroatoms. The number of nitrogens with zero attached hydrogens (tertiary/aromatic N) is 2. The van der Waals surface area contributed by atoms with Gasteiger partial charge in [0.2, 0.25) is 5.91 Å². The molecule has 23 heavy (non-hydrogen) atoms. The second kappa shape index (κ2) is 5.56. The largest absolute Gasteiger partial charge is 0.463 e. The third-order valence-electron chi connectivity index (χ3n) is 3.41. The summed E-state index contributed by atoms with van der Waals surface area (Å²) in [5.74, 6) is -0.613. The maximum absolute atomic E-state index is 12.5. The van der Waals surface area contributed by atoms with Crippen LogP contribution in [0.1, 0.15) is 23.0 Å². The Labute approximate surface area is 130 Å². The molecule has 0 radical (unpaired) electrons.